The molecule has 0 spiro atoms. The molecule has 1 amide bonds. The molecule has 1 aliphatic rings. The molecule has 4 nitrogen and oxygen atoms in total. The van der Waals surface area contributed by atoms with E-state index in [0.717, 1.165) is 13.1 Å². The molecule has 0 saturated carbocycles. The summed E-state index contributed by atoms with van der Waals surface area (Å²) in [5.74, 6) is 0.0860. The van der Waals surface area contributed by atoms with Crippen LogP contribution in [0.5, 0.6) is 0 Å². The fourth-order valence-corrected chi connectivity index (χ4v) is 1.80. The van der Waals surface area contributed by atoms with Gasteiger partial charge in [0.2, 0.25) is 5.91 Å². The van der Waals surface area contributed by atoms with Crippen molar-refractivity contribution in [3.05, 3.63) is 0 Å². The van der Waals surface area contributed by atoms with Crippen LogP contribution in [0, 0.1) is 0 Å². The molecule has 1 atom stereocenters. The molecular weight excluding hydrogens is 192 g/mol. The fraction of sp³-hybridized carbons (Fsp3) is 0.909. The number of hydrogen-bond acceptors (Lipinski definition) is 3. The molecule has 0 bridgehead atoms. The van der Waals surface area contributed by atoms with Crippen LogP contribution < -0.4 is 10.6 Å². The van der Waals surface area contributed by atoms with Crippen molar-refractivity contribution in [1.29, 1.82) is 0 Å². The van der Waals surface area contributed by atoms with Gasteiger partial charge in [0, 0.05) is 26.1 Å². The second-order valence-electron chi connectivity index (χ2n) is 4.05. The number of rotatable bonds is 5. The van der Waals surface area contributed by atoms with Crippen LogP contribution in [-0.2, 0) is 9.53 Å². The first kappa shape index (κ1) is 12.5. The molecule has 0 aliphatic carbocycles. The second-order valence-corrected chi connectivity index (χ2v) is 4.05. The van der Waals surface area contributed by atoms with Crippen LogP contribution in [0.1, 0.15) is 32.1 Å². The van der Waals surface area contributed by atoms with Crippen molar-refractivity contribution >= 4 is 5.91 Å². The molecule has 2 N–H and O–H groups in total. The Labute approximate surface area is 91.8 Å². The molecule has 1 heterocycles. The third-order valence-electron chi connectivity index (χ3n) is 2.74. The van der Waals surface area contributed by atoms with Crippen molar-refractivity contribution in [3.63, 3.8) is 0 Å². The molecule has 0 aromatic rings. The summed E-state index contributed by atoms with van der Waals surface area (Å²) in [6, 6.07) is 0.457. The van der Waals surface area contributed by atoms with Crippen LogP contribution in [0.4, 0.5) is 0 Å². The van der Waals surface area contributed by atoms with Crippen LogP contribution >= 0.6 is 0 Å². The standard InChI is InChI=1S/C11H22N2O2/c1-15-8-6-11(14)13-9-10-5-3-2-4-7-12-10/h10,12H,2-9H2,1H3,(H,13,14). The fourth-order valence-electron chi connectivity index (χ4n) is 1.80. The number of carbonyl (C=O) groups is 1. The number of ether oxygens (including phenoxy) is 1. The minimum atomic E-state index is 0.0860. The van der Waals surface area contributed by atoms with Gasteiger partial charge in [0.05, 0.1) is 6.61 Å². The minimum absolute atomic E-state index is 0.0860. The first-order chi connectivity index (χ1) is 7.33. The van der Waals surface area contributed by atoms with E-state index in [4.69, 9.17) is 4.74 Å². The molecule has 0 radical (unpaired) electrons. The third kappa shape index (κ3) is 5.74. The highest BCUT2D eigenvalue weighted by Crippen LogP contribution is 2.07. The first-order valence-corrected chi connectivity index (χ1v) is 5.82. The van der Waals surface area contributed by atoms with Gasteiger partial charge in [-0.05, 0) is 19.4 Å². The second kappa shape index (κ2) is 7.65. The predicted octanol–water partition coefficient (Wildman–Crippen LogP) is 0.671. The lowest BCUT2D eigenvalue weighted by Gasteiger charge is -2.16. The molecular formula is C11H22N2O2. The van der Waals surface area contributed by atoms with Gasteiger partial charge in [-0.1, -0.05) is 12.8 Å². The quantitative estimate of drug-likeness (QED) is 0.707. The molecule has 0 aromatic heterocycles. The first-order valence-electron chi connectivity index (χ1n) is 5.82. The Morgan fingerprint density at radius 1 is 1.47 bits per heavy atom. The Balaban J connectivity index is 2.09. The maximum Gasteiger partial charge on any atom is 0.222 e. The Hall–Kier alpha value is -0.610. The lowest BCUT2D eigenvalue weighted by atomic mass is 10.1. The van der Waals surface area contributed by atoms with Crippen LogP contribution in [-0.4, -0.2) is 38.8 Å². The Kier molecular flexibility index (Phi) is 6.36. The molecule has 1 rings (SSSR count). The SMILES string of the molecule is COCCC(=O)NCC1CCCCCN1. The number of amides is 1. The van der Waals surface area contributed by atoms with Gasteiger partial charge in [0.25, 0.3) is 0 Å². The van der Waals surface area contributed by atoms with Crippen LogP contribution in [0.15, 0.2) is 0 Å². The highest BCUT2D eigenvalue weighted by Gasteiger charge is 2.11. The predicted molar refractivity (Wildman–Crippen MR) is 59.8 cm³/mol. The maximum atomic E-state index is 11.3. The number of methoxy groups -OCH3 is 1. The van der Waals surface area contributed by atoms with E-state index in [0.29, 0.717) is 19.1 Å². The number of nitrogens with one attached hydrogen (secondary N) is 2. The van der Waals surface area contributed by atoms with Crippen molar-refractivity contribution in [3.8, 4) is 0 Å². The van der Waals surface area contributed by atoms with Gasteiger partial charge in [-0.2, -0.15) is 0 Å². The maximum absolute atomic E-state index is 11.3. The lowest BCUT2D eigenvalue weighted by molar-refractivity contribution is -0.122. The lowest BCUT2D eigenvalue weighted by Crippen LogP contribution is -2.40. The zero-order chi connectivity index (χ0) is 10.9. The molecule has 4 heteroatoms. The molecule has 15 heavy (non-hydrogen) atoms. The van der Waals surface area contributed by atoms with Crippen LogP contribution in [0.2, 0.25) is 0 Å². The molecule has 0 aromatic carbocycles. The third-order valence-corrected chi connectivity index (χ3v) is 2.74. The van der Waals surface area contributed by atoms with Gasteiger partial charge in [-0.15, -0.1) is 0 Å². The normalized spacial score (nSPS) is 22.1. The largest absolute Gasteiger partial charge is 0.384 e. The van der Waals surface area contributed by atoms with E-state index >= 15 is 0 Å². The van der Waals surface area contributed by atoms with Crippen molar-refractivity contribution in [2.45, 2.75) is 38.1 Å². The highest BCUT2D eigenvalue weighted by molar-refractivity contribution is 5.75. The Bertz CT molecular complexity index is 177. The summed E-state index contributed by atoms with van der Waals surface area (Å²) < 4.78 is 4.85. The van der Waals surface area contributed by atoms with Crippen molar-refractivity contribution in [2.24, 2.45) is 0 Å². The molecule has 1 fully saturated rings. The summed E-state index contributed by atoms with van der Waals surface area (Å²) >= 11 is 0. The molecule has 1 aliphatic heterocycles. The van der Waals surface area contributed by atoms with E-state index in [9.17, 15) is 4.79 Å². The van der Waals surface area contributed by atoms with Crippen molar-refractivity contribution < 1.29 is 9.53 Å². The van der Waals surface area contributed by atoms with Gasteiger partial charge in [-0.3, -0.25) is 4.79 Å². The van der Waals surface area contributed by atoms with E-state index in [1.54, 1.807) is 7.11 Å². The summed E-state index contributed by atoms with van der Waals surface area (Å²) in [7, 11) is 1.61. The zero-order valence-electron chi connectivity index (χ0n) is 9.55. The van der Waals surface area contributed by atoms with Crippen molar-refractivity contribution in [2.75, 3.05) is 26.8 Å². The Morgan fingerprint density at radius 3 is 3.13 bits per heavy atom. The van der Waals surface area contributed by atoms with Gasteiger partial charge < -0.3 is 15.4 Å². The van der Waals surface area contributed by atoms with E-state index in [2.05, 4.69) is 10.6 Å². The van der Waals surface area contributed by atoms with Gasteiger partial charge in [0.1, 0.15) is 0 Å². The topological polar surface area (TPSA) is 50.4 Å². The zero-order valence-corrected chi connectivity index (χ0v) is 9.55. The summed E-state index contributed by atoms with van der Waals surface area (Å²) in [4.78, 5) is 11.3. The molecule has 88 valence electrons. The summed E-state index contributed by atoms with van der Waals surface area (Å²) in [6.45, 7) is 2.34. The number of carbonyl (C=O) groups excluding carboxylic acids is 1. The summed E-state index contributed by atoms with van der Waals surface area (Å²) in [6.07, 6.45) is 5.47. The average molecular weight is 214 g/mol. The van der Waals surface area contributed by atoms with Gasteiger partial charge in [-0.25, -0.2) is 0 Å². The minimum Gasteiger partial charge on any atom is -0.384 e. The van der Waals surface area contributed by atoms with Crippen molar-refractivity contribution in [1.82, 2.24) is 10.6 Å². The van der Waals surface area contributed by atoms with Crippen LogP contribution in [0.3, 0.4) is 0 Å². The van der Waals surface area contributed by atoms with Gasteiger partial charge in [0.15, 0.2) is 0 Å². The van der Waals surface area contributed by atoms with E-state index in [-0.39, 0.29) is 5.91 Å². The molecule has 1 unspecified atom stereocenters. The van der Waals surface area contributed by atoms with Gasteiger partial charge >= 0.3 is 0 Å². The summed E-state index contributed by atoms with van der Waals surface area (Å²) in [5.41, 5.74) is 0. The average Bonchev–Trinajstić information content (AvgIpc) is 2.51. The van der Waals surface area contributed by atoms with Crippen LogP contribution in [0.25, 0.3) is 0 Å². The highest BCUT2D eigenvalue weighted by atomic mass is 16.5. The smallest absolute Gasteiger partial charge is 0.222 e. The Morgan fingerprint density at radius 2 is 2.33 bits per heavy atom. The monoisotopic (exact) mass is 214 g/mol. The van der Waals surface area contributed by atoms with E-state index in [1.165, 1.54) is 25.7 Å². The van der Waals surface area contributed by atoms with E-state index in [1.807, 2.05) is 0 Å². The molecule has 1 saturated heterocycles. The van der Waals surface area contributed by atoms with E-state index < -0.39 is 0 Å². The summed E-state index contributed by atoms with van der Waals surface area (Å²) in [5, 5.41) is 6.38. The number of hydrogen-bond donors (Lipinski definition) is 2.